The van der Waals surface area contributed by atoms with E-state index >= 15 is 0 Å². The third-order valence-electron chi connectivity index (χ3n) is 7.82. The van der Waals surface area contributed by atoms with Crippen molar-refractivity contribution >= 4 is 17.9 Å². The Morgan fingerprint density at radius 3 is 1.69 bits per heavy atom. The summed E-state index contributed by atoms with van der Waals surface area (Å²) < 4.78 is 12.1. The summed E-state index contributed by atoms with van der Waals surface area (Å²) in [5.41, 5.74) is -1.12. The normalized spacial score (nSPS) is 34.1. The second-order valence-electron chi connectivity index (χ2n) is 9.52. The van der Waals surface area contributed by atoms with Crippen LogP contribution in [-0.4, -0.2) is 34.2 Å². The lowest BCUT2D eigenvalue weighted by Crippen LogP contribution is -2.59. The number of carboxylic acid groups (broad SMARTS) is 1. The minimum Gasteiger partial charge on any atom is -0.481 e. The predicted octanol–water partition coefficient (Wildman–Crippen LogP) is 4.02. The van der Waals surface area contributed by atoms with E-state index in [-0.39, 0.29) is 23.7 Å². The van der Waals surface area contributed by atoms with Crippen molar-refractivity contribution in [2.75, 3.05) is 0 Å². The second-order valence-corrected chi connectivity index (χ2v) is 9.52. The molecule has 0 heterocycles. The average molecular weight is 405 g/mol. The number of carboxylic acids is 1. The maximum absolute atomic E-state index is 12.4. The molecule has 5 aliphatic rings. The van der Waals surface area contributed by atoms with Crippen LogP contribution in [0.4, 0.5) is 0 Å². The smallest absolute Gasteiger partial charge is 0.317 e. The average Bonchev–Trinajstić information content (AvgIpc) is 3.31. The van der Waals surface area contributed by atoms with E-state index in [2.05, 4.69) is 12.2 Å². The van der Waals surface area contributed by atoms with Gasteiger partial charge in [-0.3, -0.25) is 14.4 Å². The van der Waals surface area contributed by atoms with Crippen LogP contribution in [0.5, 0.6) is 0 Å². The first-order valence-corrected chi connectivity index (χ1v) is 11.2. The monoisotopic (exact) mass is 404 g/mol. The van der Waals surface area contributed by atoms with Gasteiger partial charge in [-0.25, -0.2) is 0 Å². The molecule has 5 aliphatic carbocycles. The van der Waals surface area contributed by atoms with Crippen LogP contribution in [0.3, 0.4) is 0 Å². The third-order valence-corrected chi connectivity index (χ3v) is 7.82. The van der Waals surface area contributed by atoms with E-state index in [0.717, 1.165) is 64.2 Å². The SMILES string of the molecule is CC(=O)OC1(C2C3C=CC(CC3)C2C2(OC(=O)CC(=O)O)CCCC2)CCCC1. The van der Waals surface area contributed by atoms with Gasteiger partial charge < -0.3 is 14.6 Å². The van der Waals surface area contributed by atoms with Gasteiger partial charge in [0.1, 0.15) is 17.6 Å². The number of hydrogen-bond donors (Lipinski definition) is 1. The molecule has 0 aromatic rings. The van der Waals surface area contributed by atoms with E-state index < -0.39 is 29.6 Å². The van der Waals surface area contributed by atoms with Gasteiger partial charge in [0.2, 0.25) is 0 Å². The highest BCUT2D eigenvalue weighted by Crippen LogP contribution is 2.61. The Morgan fingerprint density at radius 2 is 1.31 bits per heavy atom. The zero-order valence-corrected chi connectivity index (χ0v) is 17.2. The summed E-state index contributed by atoms with van der Waals surface area (Å²) in [6.45, 7) is 1.49. The lowest BCUT2D eigenvalue weighted by atomic mass is 9.52. The van der Waals surface area contributed by atoms with Gasteiger partial charge in [0.25, 0.3) is 0 Å². The zero-order chi connectivity index (χ0) is 20.6. The minimum absolute atomic E-state index is 0.0870. The molecule has 4 unspecified atom stereocenters. The summed E-state index contributed by atoms with van der Waals surface area (Å²) in [7, 11) is 0. The van der Waals surface area contributed by atoms with Crippen molar-refractivity contribution in [3.05, 3.63) is 12.2 Å². The highest BCUT2D eigenvalue weighted by Gasteiger charge is 2.62. The molecular weight excluding hydrogens is 372 g/mol. The molecule has 1 N–H and O–H groups in total. The van der Waals surface area contributed by atoms with Crippen LogP contribution in [0.1, 0.15) is 77.6 Å². The van der Waals surface area contributed by atoms with Crippen molar-refractivity contribution in [2.24, 2.45) is 23.7 Å². The van der Waals surface area contributed by atoms with Crippen LogP contribution in [0.15, 0.2) is 12.2 Å². The molecular formula is C23H32O6. The Morgan fingerprint density at radius 1 is 0.862 bits per heavy atom. The van der Waals surface area contributed by atoms with E-state index in [0.29, 0.717) is 5.92 Å². The molecule has 0 aromatic heterocycles. The Kier molecular flexibility index (Phi) is 5.47. The molecule has 0 spiro atoms. The Bertz CT molecular complexity index is 698. The standard InChI is InChI=1S/C23H32O6/c1-15(24)28-22(10-2-3-11-22)20-16-6-8-17(9-7-16)21(20)23(12-4-5-13-23)29-19(27)14-18(25)26/h6,8,16-17,20-21H,2-5,7,9-14H2,1H3,(H,25,26). The molecule has 2 bridgehead atoms. The first-order valence-electron chi connectivity index (χ1n) is 11.2. The van der Waals surface area contributed by atoms with Crippen LogP contribution in [0, 0.1) is 23.7 Å². The van der Waals surface area contributed by atoms with Gasteiger partial charge in [-0.1, -0.05) is 12.2 Å². The number of carbonyl (C=O) groups is 3. The molecule has 5 rings (SSSR count). The summed E-state index contributed by atoms with van der Waals surface area (Å²) in [5, 5.41) is 9.05. The fraction of sp³-hybridized carbons (Fsp3) is 0.783. The van der Waals surface area contributed by atoms with Gasteiger partial charge in [0.05, 0.1) is 0 Å². The van der Waals surface area contributed by atoms with Crippen molar-refractivity contribution in [1.82, 2.24) is 0 Å². The molecule has 3 saturated carbocycles. The first-order chi connectivity index (χ1) is 13.9. The highest BCUT2D eigenvalue weighted by atomic mass is 16.6. The van der Waals surface area contributed by atoms with E-state index in [1.165, 1.54) is 6.92 Å². The van der Waals surface area contributed by atoms with Gasteiger partial charge >= 0.3 is 17.9 Å². The van der Waals surface area contributed by atoms with Gasteiger partial charge in [0.15, 0.2) is 0 Å². The van der Waals surface area contributed by atoms with E-state index in [9.17, 15) is 14.4 Å². The maximum Gasteiger partial charge on any atom is 0.317 e. The molecule has 29 heavy (non-hydrogen) atoms. The quantitative estimate of drug-likeness (QED) is 0.408. The number of hydrogen-bond acceptors (Lipinski definition) is 5. The van der Waals surface area contributed by atoms with Crippen LogP contribution in [0.25, 0.3) is 0 Å². The number of fused-ring (bicyclic) bond motifs is 2. The Hall–Kier alpha value is -1.85. The Labute approximate surface area is 172 Å². The molecule has 0 saturated heterocycles. The lowest BCUT2D eigenvalue weighted by Gasteiger charge is -2.57. The van der Waals surface area contributed by atoms with Gasteiger partial charge in [-0.05, 0) is 76.0 Å². The Balaban J connectivity index is 1.72. The summed E-state index contributed by atoms with van der Waals surface area (Å²) in [6.07, 6.45) is 13.4. The van der Waals surface area contributed by atoms with Crippen molar-refractivity contribution in [1.29, 1.82) is 0 Å². The molecule has 0 aromatic carbocycles. The molecule has 0 radical (unpaired) electrons. The van der Waals surface area contributed by atoms with Crippen LogP contribution in [-0.2, 0) is 23.9 Å². The number of ether oxygens (including phenoxy) is 2. The molecule has 3 fully saturated rings. The molecule has 160 valence electrons. The fourth-order valence-corrected chi connectivity index (χ4v) is 7.06. The highest BCUT2D eigenvalue weighted by molar-refractivity contribution is 5.90. The number of esters is 2. The van der Waals surface area contributed by atoms with E-state index in [1.54, 1.807) is 0 Å². The largest absolute Gasteiger partial charge is 0.481 e. The zero-order valence-electron chi connectivity index (χ0n) is 17.2. The summed E-state index contributed by atoms with van der Waals surface area (Å²) >= 11 is 0. The first kappa shape index (κ1) is 20.4. The van der Waals surface area contributed by atoms with Gasteiger partial charge in [-0.2, -0.15) is 0 Å². The number of aliphatic carboxylic acids is 1. The number of allylic oxidation sites excluding steroid dienone is 2. The van der Waals surface area contributed by atoms with E-state index in [4.69, 9.17) is 14.6 Å². The maximum atomic E-state index is 12.4. The molecule has 0 amide bonds. The molecule has 4 atom stereocenters. The second kappa shape index (κ2) is 7.77. The molecule has 6 nitrogen and oxygen atoms in total. The van der Waals surface area contributed by atoms with Crippen molar-refractivity contribution in [3.8, 4) is 0 Å². The van der Waals surface area contributed by atoms with Crippen molar-refractivity contribution in [2.45, 2.75) is 88.8 Å². The van der Waals surface area contributed by atoms with Gasteiger partial charge in [-0.15, -0.1) is 0 Å². The summed E-state index contributed by atoms with van der Waals surface area (Å²) in [6, 6.07) is 0. The third kappa shape index (κ3) is 3.71. The lowest BCUT2D eigenvalue weighted by molar-refractivity contribution is -0.203. The van der Waals surface area contributed by atoms with Crippen LogP contribution >= 0.6 is 0 Å². The molecule has 0 aliphatic heterocycles. The topological polar surface area (TPSA) is 89.9 Å². The van der Waals surface area contributed by atoms with E-state index in [1.807, 2.05) is 0 Å². The molecule has 6 heteroatoms. The number of carbonyl (C=O) groups excluding carboxylic acids is 2. The predicted molar refractivity (Wildman–Crippen MR) is 105 cm³/mol. The minimum atomic E-state index is -1.16. The summed E-state index contributed by atoms with van der Waals surface area (Å²) in [5.74, 6) is -1.21. The van der Waals surface area contributed by atoms with Crippen LogP contribution < -0.4 is 0 Å². The van der Waals surface area contributed by atoms with Crippen molar-refractivity contribution < 1.29 is 29.0 Å². The number of rotatable bonds is 6. The van der Waals surface area contributed by atoms with Gasteiger partial charge in [0, 0.05) is 18.8 Å². The fourth-order valence-electron chi connectivity index (χ4n) is 7.06. The van der Waals surface area contributed by atoms with Crippen molar-refractivity contribution in [3.63, 3.8) is 0 Å². The summed E-state index contributed by atoms with van der Waals surface area (Å²) in [4.78, 5) is 35.6. The van der Waals surface area contributed by atoms with Crippen LogP contribution in [0.2, 0.25) is 0 Å².